The van der Waals surface area contributed by atoms with Crippen LogP contribution >= 0.6 is 11.6 Å². The van der Waals surface area contributed by atoms with Gasteiger partial charge in [0.15, 0.2) is 0 Å². The zero-order chi connectivity index (χ0) is 15.0. The van der Waals surface area contributed by atoms with Crippen molar-refractivity contribution in [3.05, 3.63) is 68.7 Å². The standard InChI is InChI=1S/C15H9ClN2O3/c16-10-5-6-11-12(15(19)17-13(11)8-10)7-9-3-1-2-4-14(9)18(20)21/h1-8H,(H,17,19)/b12-7-. The number of benzene rings is 2. The molecule has 1 amide bonds. The van der Waals surface area contributed by atoms with E-state index >= 15 is 0 Å². The fourth-order valence-corrected chi connectivity index (χ4v) is 2.41. The van der Waals surface area contributed by atoms with Crippen molar-refractivity contribution in [2.75, 3.05) is 5.32 Å². The monoisotopic (exact) mass is 300 g/mol. The van der Waals surface area contributed by atoms with Gasteiger partial charge >= 0.3 is 0 Å². The van der Waals surface area contributed by atoms with Gasteiger partial charge in [0, 0.05) is 22.2 Å². The maximum atomic E-state index is 12.0. The molecule has 3 rings (SSSR count). The molecule has 0 saturated carbocycles. The molecule has 0 bridgehead atoms. The van der Waals surface area contributed by atoms with E-state index in [0.717, 1.165) is 0 Å². The molecule has 0 radical (unpaired) electrons. The minimum Gasteiger partial charge on any atom is -0.321 e. The second-order valence-corrected chi connectivity index (χ2v) is 4.95. The Morgan fingerprint density at radius 2 is 1.95 bits per heavy atom. The van der Waals surface area contributed by atoms with Crippen LogP contribution in [0.5, 0.6) is 0 Å². The smallest absolute Gasteiger partial charge is 0.276 e. The molecule has 104 valence electrons. The van der Waals surface area contributed by atoms with Crippen LogP contribution in [0.3, 0.4) is 0 Å². The van der Waals surface area contributed by atoms with E-state index in [1.54, 1.807) is 36.4 Å². The van der Waals surface area contributed by atoms with E-state index in [2.05, 4.69) is 5.32 Å². The molecule has 0 spiro atoms. The van der Waals surface area contributed by atoms with Crippen molar-refractivity contribution in [3.63, 3.8) is 0 Å². The molecule has 0 fully saturated rings. The van der Waals surface area contributed by atoms with Crippen LogP contribution in [0.15, 0.2) is 42.5 Å². The lowest BCUT2D eigenvalue weighted by molar-refractivity contribution is -0.385. The maximum Gasteiger partial charge on any atom is 0.276 e. The van der Waals surface area contributed by atoms with Crippen molar-refractivity contribution in [1.82, 2.24) is 0 Å². The highest BCUT2D eigenvalue weighted by Crippen LogP contribution is 2.35. The highest BCUT2D eigenvalue weighted by atomic mass is 35.5. The molecule has 1 heterocycles. The van der Waals surface area contributed by atoms with Crippen molar-refractivity contribution in [2.45, 2.75) is 0 Å². The molecule has 21 heavy (non-hydrogen) atoms. The van der Waals surface area contributed by atoms with Gasteiger partial charge in [-0.2, -0.15) is 0 Å². The molecular weight excluding hydrogens is 292 g/mol. The summed E-state index contributed by atoms with van der Waals surface area (Å²) in [6, 6.07) is 11.3. The quantitative estimate of drug-likeness (QED) is 0.521. The first-order valence-corrected chi connectivity index (χ1v) is 6.50. The third-order valence-electron chi connectivity index (χ3n) is 3.20. The van der Waals surface area contributed by atoms with Gasteiger partial charge in [-0.25, -0.2) is 0 Å². The Balaban J connectivity index is 2.14. The SMILES string of the molecule is O=C1Nc2cc(Cl)ccc2/C1=C/c1ccccc1[N+](=O)[O-]. The molecule has 0 atom stereocenters. The first-order valence-electron chi connectivity index (χ1n) is 6.12. The molecule has 1 N–H and O–H groups in total. The number of para-hydroxylation sites is 1. The first-order chi connectivity index (χ1) is 10.1. The summed E-state index contributed by atoms with van der Waals surface area (Å²) in [7, 11) is 0. The number of hydrogen-bond donors (Lipinski definition) is 1. The topological polar surface area (TPSA) is 72.2 Å². The molecule has 2 aromatic rings. The number of fused-ring (bicyclic) bond motifs is 1. The Bertz CT molecular complexity index is 799. The lowest BCUT2D eigenvalue weighted by Crippen LogP contribution is -2.03. The Hall–Kier alpha value is -2.66. The van der Waals surface area contributed by atoms with Crippen molar-refractivity contribution >= 4 is 40.5 Å². The van der Waals surface area contributed by atoms with Crippen LogP contribution in [-0.2, 0) is 4.79 Å². The number of anilines is 1. The summed E-state index contributed by atoms with van der Waals surface area (Å²) in [5.74, 6) is -0.301. The van der Waals surface area contributed by atoms with Gasteiger partial charge in [0.2, 0.25) is 0 Å². The van der Waals surface area contributed by atoms with Crippen LogP contribution in [0.25, 0.3) is 11.6 Å². The molecule has 0 unspecified atom stereocenters. The number of carbonyl (C=O) groups is 1. The first kappa shape index (κ1) is 13.3. The number of rotatable bonds is 2. The van der Waals surface area contributed by atoms with Crippen molar-refractivity contribution in [1.29, 1.82) is 0 Å². The summed E-state index contributed by atoms with van der Waals surface area (Å²) < 4.78 is 0. The predicted octanol–water partition coefficient (Wildman–Crippen LogP) is 3.74. The van der Waals surface area contributed by atoms with Crippen LogP contribution in [-0.4, -0.2) is 10.8 Å². The van der Waals surface area contributed by atoms with Crippen LogP contribution < -0.4 is 5.32 Å². The van der Waals surface area contributed by atoms with E-state index in [4.69, 9.17) is 11.6 Å². The van der Waals surface area contributed by atoms with E-state index in [0.29, 0.717) is 27.4 Å². The number of nitrogens with one attached hydrogen (secondary N) is 1. The average molecular weight is 301 g/mol. The largest absolute Gasteiger partial charge is 0.321 e. The van der Waals surface area contributed by atoms with Crippen LogP contribution in [0.1, 0.15) is 11.1 Å². The van der Waals surface area contributed by atoms with Crippen LogP contribution in [0.2, 0.25) is 5.02 Å². The predicted molar refractivity (Wildman–Crippen MR) is 81.0 cm³/mol. The summed E-state index contributed by atoms with van der Waals surface area (Å²) in [6.45, 7) is 0. The zero-order valence-electron chi connectivity index (χ0n) is 10.7. The lowest BCUT2D eigenvalue weighted by atomic mass is 10.0. The molecule has 0 aromatic heterocycles. The Morgan fingerprint density at radius 1 is 1.19 bits per heavy atom. The summed E-state index contributed by atoms with van der Waals surface area (Å²) in [5, 5.41) is 14.2. The van der Waals surface area contributed by atoms with Crippen molar-refractivity contribution in [3.8, 4) is 0 Å². The van der Waals surface area contributed by atoms with E-state index in [1.807, 2.05) is 0 Å². The molecule has 5 nitrogen and oxygen atoms in total. The lowest BCUT2D eigenvalue weighted by Gasteiger charge is -2.00. The normalized spacial score (nSPS) is 14.9. The zero-order valence-corrected chi connectivity index (χ0v) is 11.4. The van der Waals surface area contributed by atoms with Gasteiger partial charge in [0.1, 0.15) is 0 Å². The molecule has 6 heteroatoms. The third-order valence-corrected chi connectivity index (χ3v) is 3.43. The highest BCUT2D eigenvalue weighted by Gasteiger charge is 2.25. The van der Waals surface area contributed by atoms with Gasteiger partial charge in [-0.15, -0.1) is 0 Å². The Morgan fingerprint density at radius 3 is 2.71 bits per heavy atom. The molecule has 0 saturated heterocycles. The number of hydrogen-bond acceptors (Lipinski definition) is 3. The second kappa shape index (κ2) is 5.03. The summed E-state index contributed by atoms with van der Waals surface area (Å²) >= 11 is 5.89. The molecule has 0 aliphatic carbocycles. The maximum absolute atomic E-state index is 12.0. The van der Waals surface area contributed by atoms with Gasteiger partial charge < -0.3 is 5.32 Å². The molecule has 2 aromatic carbocycles. The molecule has 1 aliphatic heterocycles. The van der Waals surface area contributed by atoms with Gasteiger partial charge in [-0.3, -0.25) is 14.9 Å². The summed E-state index contributed by atoms with van der Waals surface area (Å²) in [4.78, 5) is 22.6. The van der Waals surface area contributed by atoms with E-state index < -0.39 is 4.92 Å². The molecule has 1 aliphatic rings. The highest BCUT2D eigenvalue weighted by molar-refractivity contribution is 6.36. The summed E-state index contributed by atoms with van der Waals surface area (Å²) in [6.07, 6.45) is 1.52. The van der Waals surface area contributed by atoms with E-state index in [-0.39, 0.29) is 11.6 Å². The Labute approximate surface area is 125 Å². The number of carbonyl (C=O) groups excluding carboxylic acids is 1. The minimum atomic E-state index is -0.470. The number of halogens is 1. The minimum absolute atomic E-state index is 0.0415. The summed E-state index contributed by atoms with van der Waals surface area (Å²) in [5.41, 5.74) is 2.02. The van der Waals surface area contributed by atoms with E-state index in [1.165, 1.54) is 12.1 Å². The number of nitro groups is 1. The number of nitro benzene ring substituents is 1. The number of amides is 1. The van der Waals surface area contributed by atoms with Gasteiger partial charge in [-0.05, 0) is 24.3 Å². The van der Waals surface area contributed by atoms with Gasteiger partial charge in [-0.1, -0.05) is 29.8 Å². The Kier molecular flexibility index (Phi) is 3.19. The average Bonchev–Trinajstić information content (AvgIpc) is 2.74. The van der Waals surface area contributed by atoms with Crippen molar-refractivity contribution in [2.24, 2.45) is 0 Å². The number of nitrogens with zero attached hydrogens (tertiary/aromatic N) is 1. The molecular formula is C15H9ClN2O3. The van der Waals surface area contributed by atoms with Crippen molar-refractivity contribution < 1.29 is 9.72 Å². The van der Waals surface area contributed by atoms with Crippen LogP contribution in [0, 0.1) is 10.1 Å². The fraction of sp³-hybridized carbons (Fsp3) is 0. The third kappa shape index (κ3) is 2.39. The second-order valence-electron chi connectivity index (χ2n) is 4.52. The van der Waals surface area contributed by atoms with Gasteiger partial charge in [0.05, 0.1) is 16.2 Å². The van der Waals surface area contributed by atoms with Crippen LogP contribution in [0.4, 0.5) is 11.4 Å². The van der Waals surface area contributed by atoms with Gasteiger partial charge in [0.25, 0.3) is 11.6 Å². The fourth-order valence-electron chi connectivity index (χ4n) is 2.24. The van der Waals surface area contributed by atoms with E-state index in [9.17, 15) is 14.9 Å².